The zero-order valence-corrected chi connectivity index (χ0v) is 17.8. The van der Waals surface area contributed by atoms with E-state index in [1.165, 1.54) is 0 Å². The van der Waals surface area contributed by atoms with Crippen LogP contribution < -0.4 is 5.32 Å². The Bertz CT molecular complexity index is 1320. The summed E-state index contributed by atoms with van der Waals surface area (Å²) < 4.78 is 3.78. The van der Waals surface area contributed by atoms with Crippen molar-refractivity contribution in [3.05, 3.63) is 95.3 Å². The predicted octanol–water partition coefficient (Wildman–Crippen LogP) is 4.80. The molecular formula is C24H21N5OS. The Morgan fingerprint density at radius 1 is 1.10 bits per heavy atom. The van der Waals surface area contributed by atoms with Crippen molar-refractivity contribution in [3.8, 4) is 11.3 Å². The maximum atomic E-state index is 12.8. The zero-order valence-electron chi connectivity index (χ0n) is 17.0. The highest BCUT2D eigenvalue weighted by molar-refractivity contribution is 7.15. The molecule has 5 rings (SSSR count). The van der Waals surface area contributed by atoms with Gasteiger partial charge in [-0.1, -0.05) is 54.6 Å². The van der Waals surface area contributed by atoms with E-state index in [4.69, 9.17) is 5.10 Å². The summed E-state index contributed by atoms with van der Waals surface area (Å²) in [6, 6.07) is 20.2. The molecule has 2 aromatic carbocycles. The summed E-state index contributed by atoms with van der Waals surface area (Å²) >= 11 is 1.55. The number of hydrogen-bond acceptors (Lipinski definition) is 4. The molecule has 154 valence electrons. The van der Waals surface area contributed by atoms with Crippen LogP contribution in [0.1, 0.15) is 16.8 Å². The summed E-state index contributed by atoms with van der Waals surface area (Å²) in [5.41, 5.74) is 4.90. The van der Waals surface area contributed by atoms with Crippen molar-refractivity contribution in [2.45, 2.75) is 19.9 Å². The van der Waals surface area contributed by atoms with Gasteiger partial charge in [0.05, 0.1) is 24.4 Å². The van der Waals surface area contributed by atoms with Gasteiger partial charge in [0, 0.05) is 29.4 Å². The van der Waals surface area contributed by atoms with E-state index < -0.39 is 0 Å². The van der Waals surface area contributed by atoms with Gasteiger partial charge in [-0.2, -0.15) is 5.10 Å². The van der Waals surface area contributed by atoms with E-state index in [1.807, 2.05) is 69.3 Å². The van der Waals surface area contributed by atoms with Crippen LogP contribution in [-0.4, -0.2) is 25.1 Å². The highest BCUT2D eigenvalue weighted by Crippen LogP contribution is 2.26. The lowest BCUT2D eigenvalue weighted by atomic mass is 10.1. The standard InChI is InChI=1S/C24H21N5OS/c1-17-7-5-6-10-20(17)21-14-22(29(27-21)15-18-8-3-2-4-9-18)26-23(30)13-19-16-28-11-12-31-24(28)25-19/h2-12,14,16H,13,15H2,1H3,(H,26,30). The van der Waals surface area contributed by atoms with E-state index in [-0.39, 0.29) is 12.3 Å². The van der Waals surface area contributed by atoms with E-state index in [9.17, 15) is 4.79 Å². The minimum atomic E-state index is -0.115. The third kappa shape index (κ3) is 4.13. The number of fused-ring (bicyclic) bond motifs is 1. The van der Waals surface area contributed by atoms with E-state index in [0.29, 0.717) is 12.4 Å². The molecular weight excluding hydrogens is 406 g/mol. The number of carbonyl (C=O) groups is 1. The molecule has 0 aliphatic carbocycles. The molecule has 0 aliphatic rings. The SMILES string of the molecule is Cc1ccccc1-c1cc(NC(=O)Cc2cn3ccsc3n2)n(Cc2ccccc2)n1. The number of carbonyl (C=O) groups excluding carboxylic acids is 1. The fraction of sp³-hybridized carbons (Fsp3) is 0.125. The van der Waals surface area contributed by atoms with Crippen molar-refractivity contribution in [2.24, 2.45) is 0 Å². The molecule has 0 spiro atoms. The molecule has 3 aromatic heterocycles. The lowest BCUT2D eigenvalue weighted by Crippen LogP contribution is -2.18. The van der Waals surface area contributed by atoms with Gasteiger partial charge >= 0.3 is 0 Å². The van der Waals surface area contributed by atoms with Crippen LogP contribution in [0, 0.1) is 6.92 Å². The third-order valence-electron chi connectivity index (χ3n) is 5.13. The monoisotopic (exact) mass is 427 g/mol. The maximum Gasteiger partial charge on any atom is 0.231 e. The van der Waals surface area contributed by atoms with Gasteiger partial charge in [-0.05, 0) is 18.1 Å². The average molecular weight is 428 g/mol. The van der Waals surface area contributed by atoms with Crippen LogP contribution in [0.5, 0.6) is 0 Å². The van der Waals surface area contributed by atoms with Crippen LogP contribution in [0.15, 0.2) is 78.4 Å². The highest BCUT2D eigenvalue weighted by atomic mass is 32.1. The molecule has 5 aromatic rings. The summed E-state index contributed by atoms with van der Waals surface area (Å²) in [6.45, 7) is 2.64. The molecule has 0 atom stereocenters. The molecule has 0 bridgehead atoms. The number of hydrogen-bond donors (Lipinski definition) is 1. The summed E-state index contributed by atoms with van der Waals surface area (Å²) in [7, 11) is 0. The number of nitrogens with zero attached hydrogens (tertiary/aromatic N) is 4. The summed E-state index contributed by atoms with van der Waals surface area (Å²) in [4.78, 5) is 18.2. The van der Waals surface area contributed by atoms with Gasteiger partial charge in [0.25, 0.3) is 0 Å². The molecule has 31 heavy (non-hydrogen) atoms. The van der Waals surface area contributed by atoms with Gasteiger partial charge in [0.2, 0.25) is 5.91 Å². The molecule has 0 saturated heterocycles. The first-order chi connectivity index (χ1) is 15.2. The van der Waals surface area contributed by atoms with Crippen molar-refractivity contribution in [1.29, 1.82) is 0 Å². The Morgan fingerprint density at radius 2 is 1.90 bits per heavy atom. The predicted molar refractivity (Wildman–Crippen MR) is 123 cm³/mol. The van der Waals surface area contributed by atoms with Crippen LogP contribution in [0.3, 0.4) is 0 Å². The lowest BCUT2D eigenvalue weighted by molar-refractivity contribution is -0.115. The largest absolute Gasteiger partial charge is 0.311 e. The smallest absolute Gasteiger partial charge is 0.231 e. The number of amides is 1. The quantitative estimate of drug-likeness (QED) is 0.423. The molecule has 7 heteroatoms. The zero-order chi connectivity index (χ0) is 21.2. The molecule has 0 fully saturated rings. The Hall–Kier alpha value is -3.71. The average Bonchev–Trinajstić information content (AvgIpc) is 3.45. The van der Waals surface area contributed by atoms with Gasteiger partial charge in [0.15, 0.2) is 4.96 Å². The minimum Gasteiger partial charge on any atom is -0.311 e. The number of thiazole rings is 1. The first-order valence-corrected chi connectivity index (χ1v) is 10.9. The summed E-state index contributed by atoms with van der Waals surface area (Å²) in [5.74, 6) is 0.560. The van der Waals surface area contributed by atoms with Crippen LogP contribution >= 0.6 is 11.3 Å². The first-order valence-electron chi connectivity index (χ1n) is 10.0. The fourth-order valence-electron chi connectivity index (χ4n) is 3.60. The second-order valence-corrected chi connectivity index (χ2v) is 8.30. The maximum absolute atomic E-state index is 12.8. The van der Waals surface area contributed by atoms with Crippen molar-refractivity contribution in [3.63, 3.8) is 0 Å². The van der Waals surface area contributed by atoms with Crippen LogP contribution in [0.25, 0.3) is 16.2 Å². The van der Waals surface area contributed by atoms with Gasteiger partial charge < -0.3 is 5.32 Å². The van der Waals surface area contributed by atoms with Crippen LogP contribution in [0.4, 0.5) is 5.82 Å². The normalized spacial score (nSPS) is 11.1. The molecule has 1 N–H and O–H groups in total. The number of aryl methyl sites for hydroxylation is 1. The molecule has 0 saturated carbocycles. The van der Waals surface area contributed by atoms with Gasteiger partial charge in [-0.15, -0.1) is 11.3 Å². The number of nitrogens with one attached hydrogen (secondary N) is 1. The van der Waals surface area contributed by atoms with Gasteiger partial charge in [-0.3, -0.25) is 9.20 Å². The molecule has 0 aliphatic heterocycles. The van der Waals surface area contributed by atoms with Crippen LogP contribution in [0.2, 0.25) is 0 Å². The van der Waals surface area contributed by atoms with Crippen LogP contribution in [-0.2, 0) is 17.8 Å². The molecule has 0 radical (unpaired) electrons. The Labute approximate surface area is 183 Å². The second-order valence-electron chi connectivity index (χ2n) is 7.42. The number of anilines is 1. The van der Waals surface area contributed by atoms with Gasteiger partial charge in [-0.25, -0.2) is 9.67 Å². The number of rotatable bonds is 6. The highest BCUT2D eigenvalue weighted by Gasteiger charge is 2.15. The van der Waals surface area contributed by atoms with E-state index >= 15 is 0 Å². The van der Waals surface area contributed by atoms with E-state index in [2.05, 4.69) is 35.4 Å². The fourth-order valence-corrected chi connectivity index (χ4v) is 4.32. The number of imidazole rings is 1. The Kier molecular flexibility index (Phi) is 5.09. The number of aromatic nitrogens is 4. The molecule has 6 nitrogen and oxygen atoms in total. The Balaban J connectivity index is 1.43. The first kappa shape index (κ1) is 19.3. The van der Waals surface area contributed by atoms with Crippen molar-refractivity contribution in [1.82, 2.24) is 19.2 Å². The molecule has 0 unspecified atom stereocenters. The van der Waals surface area contributed by atoms with Crippen molar-refractivity contribution >= 4 is 28.0 Å². The molecule has 3 heterocycles. The van der Waals surface area contributed by atoms with Crippen molar-refractivity contribution < 1.29 is 4.79 Å². The second kappa shape index (κ2) is 8.20. The topological polar surface area (TPSA) is 64.2 Å². The Morgan fingerprint density at radius 3 is 2.71 bits per heavy atom. The van der Waals surface area contributed by atoms with Crippen molar-refractivity contribution in [2.75, 3.05) is 5.32 Å². The van der Waals surface area contributed by atoms with Gasteiger partial charge in [0.1, 0.15) is 5.82 Å². The van der Waals surface area contributed by atoms with E-state index in [0.717, 1.165) is 33.0 Å². The summed E-state index contributed by atoms with van der Waals surface area (Å²) in [5, 5.41) is 9.82. The third-order valence-corrected chi connectivity index (χ3v) is 5.90. The summed E-state index contributed by atoms with van der Waals surface area (Å²) in [6.07, 6.45) is 4.05. The number of benzene rings is 2. The lowest BCUT2D eigenvalue weighted by Gasteiger charge is -2.08. The molecule has 1 amide bonds. The van der Waals surface area contributed by atoms with E-state index in [1.54, 1.807) is 11.3 Å². The minimum absolute atomic E-state index is 0.115.